The fourth-order valence-corrected chi connectivity index (χ4v) is 4.82. The number of piperidine rings is 2. The van der Waals surface area contributed by atoms with Crippen LogP contribution in [0.15, 0.2) is 30.5 Å². The van der Waals surface area contributed by atoms with Crippen molar-refractivity contribution < 1.29 is 4.79 Å². The number of carbonyl (C=O) groups excluding carboxylic acids is 1. The molecule has 3 heterocycles. The largest absolute Gasteiger partial charge is 0.361 e. The van der Waals surface area contributed by atoms with E-state index >= 15 is 0 Å². The van der Waals surface area contributed by atoms with Crippen LogP contribution in [0.25, 0.3) is 10.9 Å². The lowest BCUT2D eigenvalue weighted by molar-refractivity contribution is -0.130. The van der Waals surface area contributed by atoms with Gasteiger partial charge in [-0.15, -0.1) is 0 Å². The molecule has 4 heteroatoms. The molecule has 25 heavy (non-hydrogen) atoms. The van der Waals surface area contributed by atoms with Crippen LogP contribution in [0.3, 0.4) is 0 Å². The summed E-state index contributed by atoms with van der Waals surface area (Å²) in [4.78, 5) is 20.7. The Hall–Kier alpha value is -1.81. The van der Waals surface area contributed by atoms with Crippen LogP contribution in [-0.4, -0.2) is 53.4 Å². The molecule has 2 aliphatic rings. The molecule has 2 fully saturated rings. The maximum absolute atomic E-state index is 12.8. The molecule has 2 atom stereocenters. The molecule has 134 valence electrons. The number of amides is 1. The highest BCUT2D eigenvalue weighted by molar-refractivity contribution is 5.88. The minimum Gasteiger partial charge on any atom is -0.361 e. The summed E-state index contributed by atoms with van der Waals surface area (Å²) in [5, 5.41) is 1.17. The Morgan fingerprint density at radius 1 is 1.20 bits per heavy atom. The molecule has 1 amide bonds. The van der Waals surface area contributed by atoms with Crippen molar-refractivity contribution in [3.63, 3.8) is 0 Å². The molecule has 1 aromatic heterocycles. The first-order chi connectivity index (χ1) is 12.2. The van der Waals surface area contributed by atoms with E-state index in [4.69, 9.17) is 0 Å². The van der Waals surface area contributed by atoms with E-state index in [0.29, 0.717) is 18.4 Å². The predicted octanol–water partition coefficient (Wildman–Crippen LogP) is 3.43. The molecule has 4 rings (SSSR count). The van der Waals surface area contributed by atoms with Gasteiger partial charge in [0, 0.05) is 36.7 Å². The minimum atomic E-state index is 0.234. The van der Waals surface area contributed by atoms with Gasteiger partial charge < -0.3 is 14.8 Å². The minimum absolute atomic E-state index is 0.234. The van der Waals surface area contributed by atoms with Gasteiger partial charge in [-0.3, -0.25) is 4.79 Å². The van der Waals surface area contributed by atoms with Crippen molar-refractivity contribution in [2.75, 3.05) is 26.7 Å². The molecule has 2 aliphatic heterocycles. The Bertz CT molecular complexity index is 736. The zero-order chi connectivity index (χ0) is 17.2. The summed E-state index contributed by atoms with van der Waals surface area (Å²) >= 11 is 0. The SMILES string of the molecule is CN(CC1CCCN2CCCCC12)C(=O)Cc1c[nH]c2ccccc12. The Balaban J connectivity index is 1.40. The van der Waals surface area contributed by atoms with Crippen molar-refractivity contribution in [2.45, 2.75) is 44.6 Å². The Morgan fingerprint density at radius 3 is 2.96 bits per heavy atom. The average Bonchev–Trinajstić information content (AvgIpc) is 3.05. The second kappa shape index (κ2) is 7.20. The number of carbonyl (C=O) groups is 1. The Morgan fingerprint density at radius 2 is 2.04 bits per heavy atom. The molecular formula is C21H29N3O. The van der Waals surface area contributed by atoms with Crippen LogP contribution in [0, 0.1) is 5.92 Å². The number of aromatic nitrogens is 1. The first kappa shape index (κ1) is 16.6. The Labute approximate surface area is 150 Å². The summed E-state index contributed by atoms with van der Waals surface area (Å²) < 4.78 is 0. The molecule has 0 spiro atoms. The first-order valence-electron chi connectivity index (χ1n) is 9.75. The van der Waals surface area contributed by atoms with Crippen molar-refractivity contribution in [1.29, 1.82) is 0 Å². The van der Waals surface area contributed by atoms with E-state index in [1.807, 2.05) is 30.3 Å². The molecule has 1 N–H and O–H groups in total. The number of fused-ring (bicyclic) bond motifs is 2. The number of hydrogen-bond donors (Lipinski definition) is 1. The van der Waals surface area contributed by atoms with E-state index in [9.17, 15) is 4.79 Å². The molecule has 0 radical (unpaired) electrons. The van der Waals surface area contributed by atoms with Gasteiger partial charge in [-0.1, -0.05) is 24.6 Å². The second-order valence-electron chi connectivity index (χ2n) is 7.81. The zero-order valence-corrected chi connectivity index (χ0v) is 15.2. The third kappa shape index (κ3) is 3.45. The molecule has 2 aromatic rings. The lowest BCUT2D eigenvalue weighted by Crippen LogP contribution is -2.51. The van der Waals surface area contributed by atoms with Crippen LogP contribution >= 0.6 is 0 Å². The lowest BCUT2D eigenvalue weighted by atomic mass is 9.83. The fourth-order valence-electron chi connectivity index (χ4n) is 4.82. The normalized spacial score (nSPS) is 24.2. The third-order valence-corrected chi connectivity index (χ3v) is 6.18. The number of para-hydroxylation sites is 1. The molecular weight excluding hydrogens is 310 g/mol. The fraction of sp³-hybridized carbons (Fsp3) is 0.571. The van der Waals surface area contributed by atoms with E-state index in [0.717, 1.165) is 17.6 Å². The smallest absolute Gasteiger partial charge is 0.226 e. The number of rotatable bonds is 4. The van der Waals surface area contributed by atoms with Crippen molar-refractivity contribution in [3.8, 4) is 0 Å². The van der Waals surface area contributed by atoms with Gasteiger partial charge in [0.1, 0.15) is 0 Å². The first-order valence-corrected chi connectivity index (χ1v) is 9.75. The van der Waals surface area contributed by atoms with Gasteiger partial charge in [-0.05, 0) is 56.3 Å². The zero-order valence-electron chi connectivity index (χ0n) is 15.2. The standard InChI is InChI=1S/C21H29N3O/c1-23(15-16-7-6-12-24-11-5-4-10-20(16)24)21(25)13-17-14-22-19-9-3-2-8-18(17)19/h2-3,8-9,14,16,20,22H,4-7,10-13,15H2,1H3. The lowest BCUT2D eigenvalue weighted by Gasteiger charge is -2.45. The van der Waals surface area contributed by atoms with Gasteiger partial charge in [0.05, 0.1) is 6.42 Å². The second-order valence-corrected chi connectivity index (χ2v) is 7.81. The van der Waals surface area contributed by atoms with E-state index < -0.39 is 0 Å². The predicted molar refractivity (Wildman–Crippen MR) is 102 cm³/mol. The highest BCUT2D eigenvalue weighted by Crippen LogP contribution is 2.31. The van der Waals surface area contributed by atoms with Gasteiger partial charge in [-0.2, -0.15) is 0 Å². The molecule has 0 bridgehead atoms. The van der Waals surface area contributed by atoms with Crippen LogP contribution in [0.4, 0.5) is 0 Å². The molecule has 0 aliphatic carbocycles. The summed E-state index contributed by atoms with van der Waals surface area (Å²) in [6.07, 6.45) is 9.04. The van der Waals surface area contributed by atoms with Crippen LogP contribution in [0.2, 0.25) is 0 Å². The summed E-state index contributed by atoms with van der Waals surface area (Å²) in [5.74, 6) is 0.878. The maximum Gasteiger partial charge on any atom is 0.226 e. The number of benzene rings is 1. The quantitative estimate of drug-likeness (QED) is 0.927. The molecule has 1 aromatic carbocycles. The van der Waals surface area contributed by atoms with E-state index in [2.05, 4.69) is 22.0 Å². The summed E-state index contributed by atoms with van der Waals surface area (Å²) in [6.45, 7) is 3.42. The van der Waals surface area contributed by atoms with Gasteiger partial charge in [0.15, 0.2) is 0 Å². The molecule has 0 saturated carbocycles. The van der Waals surface area contributed by atoms with E-state index in [1.54, 1.807) is 0 Å². The number of nitrogens with zero attached hydrogens (tertiary/aromatic N) is 2. The molecule has 2 saturated heterocycles. The monoisotopic (exact) mass is 339 g/mol. The van der Waals surface area contributed by atoms with Crippen molar-refractivity contribution >= 4 is 16.8 Å². The van der Waals surface area contributed by atoms with Gasteiger partial charge in [0.25, 0.3) is 0 Å². The van der Waals surface area contributed by atoms with Crippen LogP contribution in [0.5, 0.6) is 0 Å². The Kier molecular flexibility index (Phi) is 4.80. The van der Waals surface area contributed by atoms with E-state index in [-0.39, 0.29) is 5.91 Å². The molecule has 2 unspecified atom stereocenters. The van der Waals surface area contributed by atoms with Gasteiger partial charge >= 0.3 is 0 Å². The molecule has 4 nitrogen and oxygen atoms in total. The number of nitrogens with one attached hydrogen (secondary N) is 1. The third-order valence-electron chi connectivity index (χ3n) is 6.18. The van der Waals surface area contributed by atoms with Crippen LogP contribution in [0.1, 0.15) is 37.7 Å². The van der Waals surface area contributed by atoms with E-state index in [1.165, 1.54) is 50.6 Å². The average molecular weight is 339 g/mol. The number of hydrogen-bond acceptors (Lipinski definition) is 2. The van der Waals surface area contributed by atoms with Crippen molar-refractivity contribution in [3.05, 3.63) is 36.0 Å². The highest BCUT2D eigenvalue weighted by atomic mass is 16.2. The number of H-pyrrole nitrogens is 1. The number of likely N-dealkylation sites (N-methyl/N-ethyl adjacent to an activating group) is 1. The van der Waals surface area contributed by atoms with Crippen molar-refractivity contribution in [2.24, 2.45) is 5.92 Å². The number of aromatic amines is 1. The van der Waals surface area contributed by atoms with Gasteiger partial charge in [0.2, 0.25) is 5.91 Å². The topological polar surface area (TPSA) is 39.3 Å². The summed E-state index contributed by atoms with van der Waals surface area (Å²) in [6, 6.07) is 8.91. The van der Waals surface area contributed by atoms with Crippen molar-refractivity contribution in [1.82, 2.24) is 14.8 Å². The van der Waals surface area contributed by atoms with Gasteiger partial charge in [-0.25, -0.2) is 0 Å². The highest BCUT2D eigenvalue weighted by Gasteiger charge is 2.34. The van der Waals surface area contributed by atoms with Crippen LogP contribution in [-0.2, 0) is 11.2 Å². The summed E-state index contributed by atoms with van der Waals surface area (Å²) in [5.41, 5.74) is 2.22. The maximum atomic E-state index is 12.8. The summed E-state index contributed by atoms with van der Waals surface area (Å²) in [7, 11) is 1.99. The van der Waals surface area contributed by atoms with Crippen LogP contribution < -0.4 is 0 Å².